The third-order valence-electron chi connectivity index (χ3n) is 6.61. The molecule has 1 aromatic carbocycles. The normalized spacial score (nSPS) is 17.7. The lowest BCUT2D eigenvalue weighted by atomic mass is 9.98. The lowest BCUT2D eigenvalue weighted by molar-refractivity contribution is 0.129. The van der Waals surface area contributed by atoms with Crippen molar-refractivity contribution >= 4 is 17.2 Å². The Bertz CT molecular complexity index is 1220. The van der Waals surface area contributed by atoms with Gasteiger partial charge in [0, 0.05) is 36.5 Å². The molecule has 1 saturated heterocycles. The summed E-state index contributed by atoms with van der Waals surface area (Å²) in [5, 5.41) is 1.21. The van der Waals surface area contributed by atoms with Crippen molar-refractivity contribution in [1.82, 2.24) is 14.9 Å². The molecule has 0 unspecified atom stereocenters. The molecule has 1 aliphatic carbocycles. The van der Waals surface area contributed by atoms with Crippen LogP contribution >= 0.6 is 11.3 Å². The number of methoxy groups -OCH3 is 1. The number of likely N-dealkylation sites (tertiary alicyclic amines) is 1. The minimum absolute atomic E-state index is 0.239. The van der Waals surface area contributed by atoms with Crippen molar-refractivity contribution in [2.45, 2.75) is 43.8 Å². The van der Waals surface area contributed by atoms with E-state index in [4.69, 9.17) is 20.2 Å². The molecule has 3 aromatic rings. The van der Waals surface area contributed by atoms with E-state index in [0.29, 0.717) is 24.1 Å². The van der Waals surface area contributed by atoms with Crippen LogP contribution in [0.4, 0.5) is 5.82 Å². The molecule has 2 aliphatic rings. The SMILES string of the molecule is COC1(C#Cc2cccc(COc3cc(-c4cnc(C5CCN(C)CC5)s4)cnc3N)c2)CC1. The van der Waals surface area contributed by atoms with Crippen LogP contribution < -0.4 is 10.5 Å². The number of benzene rings is 1. The van der Waals surface area contributed by atoms with Crippen LogP contribution in [0.3, 0.4) is 0 Å². The first-order chi connectivity index (χ1) is 16.5. The molecule has 0 bridgehead atoms. The molecule has 1 saturated carbocycles. The van der Waals surface area contributed by atoms with E-state index >= 15 is 0 Å². The molecule has 0 radical (unpaired) electrons. The molecule has 2 fully saturated rings. The van der Waals surface area contributed by atoms with Gasteiger partial charge in [-0.25, -0.2) is 9.97 Å². The quantitative estimate of drug-likeness (QED) is 0.522. The Morgan fingerprint density at radius 3 is 2.76 bits per heavy atom. The zero-order valence-electron chi connectivity index (χ0n) is 19.7. The van der Waals surface area contributed by atoms with Crippen LogP contribution in [0.5, 0.6) is 5.75 Å². The number of anilines is 1. The van der Waals surface area contributed by atoms with Gasteiger partial charge in [-0.05, 0) is 69.6 Å². The zero-order valence-corrected chi connectivity index (χ0v) is 20.5. The number of piperidine rings is 1. The maximum Gasteiger partial charge on any atom is 0.166 e. The van der Waals surface area contributed by atoms with Crippen molar-refractivity contribution in [3.05, 3.63) is 58.9 Å². The van der Waals surface area contributed by atoms with Gasteiger partial charge in [-0.15, -0.1) is 11.3 Å². The second-order valence-corrected chi connectivity index (χ2v) is 10.2. The molecule has 0 spiro atoms. The number of hydrogen-bond donors (Lipinski definition) is 1. The van der Waals surface area contributed by atoms with Crippen LogP contribution in [-0.2, 0) is 11.3 Å². The largest absolute Gasteiger partial charge is 0.485 e. The second-order valence-electron chi connectivity index (χ2n) is 9.19. The smallest absolute Gasteiger partial charge is 0.166 e. The number of hydrogen-bond acceptors (Lipinski definition) is 7. The molecule has 0 amide bonds. The van der Waals surface area contributed by atoms with Gasteiger partial charge in [-0.2, -0.15) is 0 Å². The summed E-state index contributed by atoms with van der Waals surface area (Å²) in [6.07, 6.45) is 8.07. The number of nitrogen functional groups attached to an aromatic ring is 1. The Labute approximate surface area is 205 Å². The van der Waals surface area contributed by atoms with Gasteiger partial charge < -0.3 is 20.1 Å². The van der Waals surface area contributed by atoms with Crippen molar-refractivity contribution in [1.29, 1.82) is 0 Å². The minimum atomic E-state index is -0.239. The number of ether oxygens (including phenoxy) is 2. The highest BCUT2D eigenvalue weighted by molar-refractivity contribution is 7.15. The van der Waals surface area contributed by atoms with Gasteiger partial charge in [0.1, 0.15) is 12.2 Å². The van der Waals surface area contributed by atoms with Gasteiger partial charge in [0.15, 0.2) is 11.6 Å². The Kier molecular flexibility index (Phi) is 6.55. The molecule has 1 aliphatic heterocycles. The maximum absolute atomic E-state index is 6.13. The highest BCUT2D eigenvalue weighted by atomic mass is 32.1. The standard InChI is InChI=1S/C27H30N4O2S/c1-31-12-7-21(8-13-31)26-30-17-24(34-26)22-15-23(25(28)29-16-22)33-18-20-5-3-4-19(14-20)6-9-27(32-2)10-11-27/h3-5,14-17,21H,7-8,10-13,18H2,1-2H3,(H2,28,29). The fourth-order valence-corrected chi connectivity index (χ4v) is 5.22. The first-order valence-corrected chi connectivity index (χ1v) is 12.6. The first-order valence-electron chi connectivity index (χ1n) is 11.7. The minimum Gasteiger partial charge on any atom is -0.485 e. The zero-order chi connectivity index (χ0) is 23.5. The van der Waals surface area contributed by atoms with Crippen LogP contribution in [0, 0.1) is 11.8 Å². The lowest BCUT2D eigenvalue weighted by Crippen LogP contribution is -2.29. The molecule has 34 heavy (non-hydrogen) atoms. The van der Waals surface area contributed by atoms with E-state index in [-0.39, 0.29) is 5.60 Å². The number of thiazole rings is 1. The van der Waals surface area contributed by atoms with Gasteiger partial charge in [0.2, 0.25) is 0 Å². The predicted molar refractivity (Wildman–Crippen MR) is 136 cm³/mol. The van der Waals surface area contributed by atoms with E-state index in [9.17, 15) is 0 Å². The van der Waals surface area contributed by atoms with Gasteiger partial charge in [0.25, 0.3) is 0 Å². The van der Waals surface area contributed by atoms with Crippen LogP contribution in [-0.4, -0.2) is 47.7 Å². The molecular formula is C27H30N4O2S. The highest BCUT2D eigenvalue weighted by Crippen LogP contribution is 2.38. The van der Waals surface area contributed by atoms with E-state index < -0.39 is 0 Å². The van der Waals surface area contributed by atoms with E-state index in [2.05, 4.69) is 28.8 Å². The summed E-state index contributed by atoms with van der Waals surface area (Å²) < 4.78 is 11.6. The summed E-state index contributed by atoms with van der Waals surface area (Å²) >= 11 is 1.75. The van der Waals surface area contributed by atoms with Crippen molar-refractivity contribution in [2.24, 2.45) is 0 Å². The molecule has 5 rings (SSSR count). The molecule has 7 heteroatoms. The average Bonchev–Trinajstić information content (AvgIpc) is 3.49. The van der Waals surface area contributed by atoms with Crippen molar-refractivity contribution in [2.75, 3.05) is 33.0 Å². The van der Waals surface area contributed by atoms with E-state index in [1.807, 2.05) is 36.5 Å². The molecule has 2 aromatic heterocycles. The van der Waals surface area contributed by atoms with Crippen LogP contribution in [0.15, 0.2) is 42.7 Å². The van der Waals surface area contributed by atoms with E-state index in [1.165, 1.54) is 5.01 Å². The number of nitrogens with zero attached hydrogens (tertiary/aromatic N) is 3. The van der Waals surface area contributed by atoms with Crippen molar-refractivity contribution < 1.29 is 9.47 Å². The summed E-state index contributed by atoms with van der Waals surface area (Å²) in [6.45, 7) is 2.64. The van der Waals surface area contributed by atoms with Crippen molar-refractivity contribution in [3.63, 3.8) is 0 Å². The maximum atomic E-state index is 6.13. The van der Waals surface area contributed by atoms with Gasteiger partial charge >= 0.3 is 0 Å². The molecular weight excluding hydrogens is 444 g/mol. The summed E-state index contributed by atoms with van der Waals surface area (Å²) in [4.78, 5) is 12.6. The molecule has 2 N–H and O–H groups in total. The van der Waals surface area contributed by atoms with E-state index in [0.717, 1.165) is 60.3 Å². The molecule has 176 valence electrons. The third kappa shape index (κ3) is 5.25. The Balaban J connectivity index is 1.27. The number of nitrogens with two attached hydrogens (primary N) is 1. The average molecular weight is 475 g/mol. The fourth-order valence-electron chi connectivity index (χ4n) is 4.15. The fraction of sp³-hybridized carbons (Fsp3) is 0.407. The predicted octanol–water partition coefficient (Wildman–Crippen LogP) is 4.71. The number of rotatable bonds is 6. The lowest BCUT2D eigenvalue weighted by Gasteiger charge is -2.27. The summed E-state index contributed by atoms with van der Waals surface area (Å²) in [6, 6.07) is 10.0. The highest BCUT2D eigenvalue weighted by Gasteiger charge is 2.41. The molecule has 0 atom stereocenters. The van der Waals surface area contributed by atoms with Crippen LogP contribution in [0.2, 0.25) is 0 Å². The topological polar surface area (TPSA) is 73.5 Å². The Hall–Kier alpha value is -2.92. The summed E-state index contributed by atoms with van der Waals surface area (Å²) in [7, 11) is 3.90. The van der Waals surface area contributed by atoms with Gasteiger partial charge in [-0.1, -0.05) is 24.0 Å². The van der Waals surface area contributed by atoms with Gasteiger partial charge in [-0.3, -0.25) is 0 Å². The van der Waals surface area contributed by atoms with Crippen LogP contribution in [0.1, 0.15) is 47.7 Å². The number of pyridine rings is 1. The Morgan fingerprint density at radius 2 is 2.00 bits per heavy atom. The molecule has 3 heterocycles. The third-order valence-corrected chi connectivity index (χ3v) is 7.82. The second kappa shape index (κ2) is 9.75. The monoisotopic (exact) mass is 474 g/mol. The summed E-state index contributed by atoms with van der Waals surface area (Å²) in [5.74, 6) is 7.99. The van der Waals surface area contributed by atoms with E-state index in [1.54, 1.807) is 24.6 Å². The molecule has 6 nitrogen and oxygen atoms in total. The summed E-state index contributed by atoms with van der Waals surface area (Å²) in [5.41, 5.74) is 8.85. The van der Waals surface area contributed by atoms with Crippen molar-refractivity contribution in [3.8, 4) is 28.0 Å². The number of aromatic nitrogens is 2. The van der Waals surface area contributed by atoms with Gasteiger partial charge in [0.05, 0.1) is 9.88 Å². The van der Waals surface area contributed by atoms with Crippen LogP contribution in [0.25, 0.3) is 10.4 Å². The Morgan fingerprint density at radius 1 is 1.18 bits per heavy atom. The first kappa shape index (κ1) is 22.9.